The summed E-state index contributed by atoms with van der Waals surface area (Å²) in [5, 5.41) is 9.23. The van der Waals surface area contributed by atoms with Crippen LogP contribution in [0.4, 0.5) is 0 Å². The van der Waals surface area contributed by atoms with Crippen molar-refractivity contribution in [1.82, 2.24) is 4.90 Å². The average Bonchev–Trinajstić information content (AvgIpc) is 3.47. The topological polar surface area (TPSA) is 80.0 Å². The first-order chi connectivity index (χ1) is 15.5. The number of fused-ring (bicyclic) bond motifs is 3. The number of ether oxygens (including phenoxy) is 1. The zero-order valence-electron chi connectivity index (χ0n) is 19.4. The fourth-order valence-corrected chi connectivity index (χ4v) is 5.80. The molecular formula is C26H35NO5. The number of hydrogen-bond donors (Lipinski definition) is 1. The average molecular weight is 442 g/mol. The molecule has 1 N–H and O–H groups in total. The summed E-state index contributed by atoms with van der Waals surface area (Å²) in [6.07, 6.45) is 7.33. The highest BCUT2D eigenvalue weighted by atomic mass is 16.5. The SMILES string of the molecule is CCC/C(=C\c1ccc(CO)o1)CC[C@H]1OC[C@H]2C1=C(C)C[C@H]1C(=O)N(CCC)C(=O)[C@H]12. The van der Waals surface area contributed by atoms with E-state index in [4.69, 9.17) is 9.15 Å². The molecule has 0 bridgehead atoms. The van der Waals surface area contributed by atoms with Gasteiger partial charge in [0, 0.05) is 12.5 Å². The Labute approximate surface area is 190 Å². The number of rotatable bonds is 9. The fraction of sp³-hybridized carbons (Fsp3) is 0.615. The fourth-order valence-electron chi connectivity index (χ4n) is 5.80. The summed E-state index contributed by atoms with van der Waals surface area (Å²) < 4.78 is 11.9. The molecule has 174 valence electrons. The van der Waals surface area contributed by atoms with Crippen LogP contribution in [0.5, 0.6) is 0 Å². The van der Waals surface area contributed by atoms with Crippen LogP contribution < -0.4 is 0 Å². The Bertz CT molecular complexity index is 926. The number of allylic oxidation sites excluding steroid dienone is 2. The number of carbonyl (C=O) groups is 2. The van der Waals surface area contributed by atoms with Crippen LogP contribution in [0, 0.1) is 17.8 Å². The van der Waals surface area contributed by atoms with Gasteiger partial charge in [-0.1, -0.05) is 31.4 Å². The maximum atomic E-state index is 13.1. The van der Waals surface area contributed by atoms with Crippen molar-refractivity contribution < 1.29 is 23.8 Å². The molecule has 4 atom stereocenters. The molecule has 3 heterocycles. The van der Waals surface area contributed by atoms with E-state index in [2.05, 4.69) is 19.9 Å². The van der Waals surface area contributed by atoms with E-state index in [0.717, 1.165) is 37.9 Å². The molecule has 1 aromatic rings. The summed E-state index contributed by atoms with van der Waals surface area (Å²) in [5.74, 6) is 0.934. The summed E-state index contributed by atoms with van der Waals surface area (Å²) in [6.45, 7) is 7.23. The van der Waals surface area contributed by atoms with Crippen LogP contribution in [0.25, 0.3) is 6.08 Å². The molecule has 0 spiro atoms. The van der Waals surface area contributed by atoms with Crippen molar-refractivity contribution in [2.75, 3.05) is 13.2 Å². The van der Waals surface area contributed by atoms with Crippen molar-refractivity contribution in [1.29, 1.82) is 0 Å². The first-order valence-corrected chi connectivity index (χ1v) is 12.0. The Kier molecular flexibility index (Phi) is 7.01. The Morgan fingerprint density at radius 2 is 1.97 bits per heavy atom. The van der Waals surface area contributed by atoms with Crippen LogP contribution in [-0.4, -0.2) is 41.1 Å². The van der Waals surface area contributed by atoms with Gasteiger partial charge in [-0.15, -0.1) is 0 Å². The van der Waals surface area contributed by atoms with Gasteiger partial charge in [0.05, 0.1) is 24.5 Å². The van der Waals surface area contributed by atoms with Crippen LogP contribution >= 0.6 is 0 Å². The van der Waals surface area contributed by atoms with Gasteiger partial charge in [-0.3, -0.25) is 14.5 Å². The summed E-state index contributed by atoms with van der Waals surface area (Å²) in [4.78, 5) is 27.4. The molecular weight excluding hydrogens is 406 g/mol. The normalized spacial score (nSPS) is 28.0. The summed E-state index contributed by atoms with van der Waals surface area (Å²) in [7, 11) is 0. The van der Waals surface area contributed by atoms with Crippen LogP contribution in [0.1, 0.15) is 70.8 Å². The molecule has 2 amide bonds. The smallest absolute Gasteiger partial charge is 0.233 e. The molecule has 1 aliphatic carbocycles. The second-order valence-corrected chi connectivity index (χ2v) is 9.38. The van der Waals surface area contributed by atoms with E-state index >= 15 is 0 Å². The number of hydrogen-bond acceptors (Lipinski definition) is 5. The number of aliphatic hydroxyl groups is 1. The lowest BCUT2D eigenvalue weighted by Crippen LogP contribution is -2.34. The van der Waals surface area contributed by atoms with Gasteiger partial charge >= 0.3 is 0 Å². The Hall–Kier alpha value is -2.18. The highest BCUT2D eigenvalue weighted by Gasteiger charge is 2.56. The number of furan rings is 1. The molecule has 6 nitrogen and oxygen atoms in total. The molecule has 0 radical (unpaired) electrons. The van der Waals surface area contributed by atoms with Gasteiger partial charge in [0.25, 0.3) is 0 Å². The van der Waals surface area contributed by atoms with Crippen LogP contribution in [0.2, 0.25) is 0 Å². The first-order valence-electron chi connectivity index (χ1n) is 12.0. The van der Waals surface area contributed by atoms with Crippen molar-refractivity contribution in [2.24, 2.45) is 17.8 Å². The Morgan fingerprint density at radius 1 is 1.16 bits per heavy atom. The number of aliphatic hydroxyl groups excluding tert-OH is 1. The van der Waals surface area contributed by atoms with E-state index in [1.54, 1.807) is 6.07 Å². The predicted molar refractivity (Wildman–Crippen MR) is 121 cm³/mol. The third kappa shape index (κ3) is 4.23. The molecule has 2 saturated heterocycles. The third-order valence-corrected chi connectivity index (χ3v) is 7.17. The van der Waals surface area contributed by atoms with Gasteiger partial charge in [0.2, 0.25) is 11.8 Å². The molecule has 0 unspecified atom stereocenters. The van der Waals surface area contributed by atoms with Crippen LogP contribution in [0.3, 0.4) is 0 Å². The van der Waals surface area contributed by atoms with E-state index in [1.165, 1.54) is 21.6 Å². The van der Waals surface area contributed by atoms with Crippen LogP contribution in [-0.2, 0) is 20.9 Å². The maximum absolute atomic E-state index is 13.1. The summed E-state index contributed by atoms with van der Waals surface area (Å²) in [6, 6.07) is 3.69. The van der Waals surface area contributed by atoms with Gasteiger partial charge < -0.3 is 14.3 Å². The lowest BCUT2D eigenvalue weighted by molar-refractivity contribution is -0.140. The number of carbonyl (C=O) groups excluding carboxylic acids is 2. The Morgan fingerprint density at radius 3 is 2.66 bits per heavy atom. The van der Waals surface area contributed by atoms with E-state index in [9.17, 15) is 14.7 Å². The second-order valence-electron chi connectivity index (χ2n) is 9.38. The van der Waals surface area contributed by atoms with E-state index in [-0.39, 0.29) is 42.3 Å². The molecule has 3 aliphatic rings. The minimum atomic E-state index is -0.247. The van der Waals surface area contributed by atoms with Crippen molar-refractivity contribution in [3.8, 4) is 0 Å². The van der Waals surface area contributed by atoms with E-state index in [1.807, 2.05) is 13.0 Å². The van der Waals surface area contributed by atoms with Crippen molar-refractivity contribution >= 4 is 17.9 Å². The highest BCUT2D eigenvalue weighted by molar-refractivity contribution is 6.05. The summed E-state index contributed by atoms with van der Waals surface area (Å²) in [5.41, 5.74) is 3.80. The lowest BCUT2D eigenvalue weighted by Gasteiger charge is -2.30. The monoisotopic (exact) mass is 441 g/mol. The maximum Gasteiger partial charge on any atom is 0.233 e. The predicted octanol–water partition coefficient (Wildman–Crippen LogP) is 4.48. The Balaban J connectivity index is 1.48. The minimum absolute atomic E-state index is 0.00479. The van der Waals surface area contributed by atoms with Gasteiger partial charge in [-0.2, -0.15) is 0 Å². The van der Waals surface area contributed by atoms with E-state index < -0.39 is 0 Å². The van der Waals surface area contributed by atoms with Gasteiger partial charge in [-0.25, -0.2) is 0 Å². The number of imide groups is 1. The first kappa shape index (κ1) is 23.0. The van der Waals surface area contributed by atoms with Crippen molar-refractivity contribution in [3.05, 3.63) is 40.4 Å². The van der Waals surface area contributed by atoms with Crippen molar-refractivity contribution in [3.63, 3.8) is 0 Å². The number of amides is 2. The standard InChI is InChI=1S/C26H35NO5/c1-4-6-17(13-18-8-9-19(14-28)32-18)7-10-22-23-16(3)12-20-24(21(23)15-31-22)26(30)27(11-5-2)25(20)29/h8-9,13,20-22,24,28H,4-7,10-12,14-15H2,1-3H3/b17-13+/t20-,21+,22-,24-/m1/s1. The zero-order valence-corrected chi connectivity index (χ0v) is 19.4. The molecule has 2 fully saturated rings. The van der Waals surface area contributed by atoms with Gasteiger partial charge in [-0.05, 0) is 62.8 Å². The summed E-state index contributed by atoms with van der Waals surface area (Å²) >= 11 is 0. The van der Waals surface area contributed by atoms with Gasteiger partial charge in [0.15, 0.2) is 0 Å². The lowest BCUT2D eigenvalue weighted by atomic mass is 9.70. The minimum Gasteiger partial charge on any atom is -0.459 e. The molecule has 32 heavy (non-hydrogen) atoms. The largest absolute Gasteiger partial charge is 0.459 e. The molecule has 4 rings (SSSR count). The quantitative estimate of drug-likeness (QED) is 0.451. The number of likely N-dealkylation sites (tertiary alicyclic amines) is 1. The third-order valence-electron chi connectivity index (χ3n) is 7.17. The molecule has 0 aromatic carbocycles. The highest BCUT2D eigenvalue weighted by Crippen LogP contribution is 2.49. The zero-order chi connectivity index (χ0) is 22.8. The van der Waals surface area contributed by atoms with Crippen molar-refractivity contribution in [2.45, 2.75) is 72.0 Å². The molecule has 6 heteroatoms. The number of nitrogens with zero attached hydrogens (tertiary/aromatic N) is 1. The molecule has 0 saturated carbocycles. The molecule has 1 aromatic heterocycles. The molecule has 2 aliphatic heterocycles. The van der Waals surface area contributed by atoms with Gasteiger partial charge in [0.1, 0.15) is 18.1 Å². The van der Waals surface area contributed by atoms with E-state index in [0.29, 0.717) is 25.3 Å². The second kappa shape index (κ2) is 9.75. The van der Waals surface area contributed by atoms with Crippen LogP contribution in [0.15, 0.2) is 33.3 Å².